The number of aromatic carboxylic acids is 1. The zero-order valence-electron chi connectivity index (χ0n) is 17.7. The molecule has 1 aliphatic carbocycles. The van der Waals surface area contributed by atoms with Gasteiger partial charge in [0.25, 0.3) is 0 Å². The molecular weight excluding hydrogens is 456 g/mol. The van der Waals surface area contributed by atoms with Crippen molar-refractivity contribution >= 4 is 35.3 Å². The van der Waals surface area contributed by atoms with Gasteiger partial charge in [0.15, 0.2) is 17.2 Å². The van der Waals surface area contributed by atoms with Crippen LogP contribution in [0.1, 0.15) is 60.9 Å². The highest BCUT2D eigenvalue weighted by Crippen LogP contribution is 2.39. The molecule has 1 saturated carbocycles. The van der Waals surface area contributed by atoms with E-state index in [-0.39, 0.29) is 30.2 Å². The predicted molar refractivity (Wildman–Crippen MR) is 119 cm³/mol. The number of hydrogen-bond acceptors (Lipinski definition) is 6. The van der Waals surface area contributed by atoms with Crippen LogP contribution in [0.3, 0.4) is 0 Å². The van der Waals surface area contributed by atoms with Gasteiger partial charge >= 0.3 is 11.9 Å². The van der Waals surface area contributed by atoms with Crippen molar-refractivity contribution in [2.45, 2.75) is 62.3 Å². The zero-order chi connectivity index (χ0) is 22.8. The molecule has 1 fully saturated rings. The Labute approximate surface area is 194 Å². The maximum atomic E-state index is 12.3. The van der Waals surface area contributed by atoms with E-state index in [4.69, 9.17) is 26.1 Å². The topological polar surface area (TPSA) is 111 Å². The number of halogens is 1. The van der Waals surface area contributed by atoms with E-state index in [1.54, 1.807) is 16.7 Å². The van der Waals surface area contributed by atoms with Gasteiger partial charge in [-0.15, -0.1) is 11.8 Å². The summed E-state index contributed by atoms with van der Waals surface area (Å²) in [7, 11) is 0. The van der Waals surface area contributed by atoms with Crippen molar-refractivity contribution in [3.05, 3.63) is 34.2 Å². The van der Waals surface area contributed by atoms with Crippen molar-refractivity contribution in [3.63, 3.8) is 0 Å². The summed E-state index contributed by atoms with van der Waals surface area (Å²) in [6.07, 6.45) is 4.11. The van der Waals surface area contributed by atoms with Gasteiger partial charge in [0.1, 0.15) is 10.9 Å². The molecule has 0 radical (unpaired) electrons. The molecule has 4 rings (SSSR count). The van der Waals surface area contributed by atoms with Crippen LogP contribution in [-0.4, -0.2) is 43.7 Å². The molecule has 8 nitrogen and oxygen atoms in total. The van der Waals surface area contributed by atoms with Crippen LogP contribution in [0.25, 0.3) is 0 Å². The monoisotopic (exact) mass is 480 g/mol. The molecular formula is C22H25ClN2O6S. The van der Waals surface area contributed by atoms with Crippen LogP contribution < -0.4 is 9.47 Å². The fraction of sp³-hybridized carbons (Fsp3) is 0.500. The normalized spacial score (nSPS) is 19.8. The molecule has 0 bridgehead atoms. The molecule has 1 aliphatic heterocycles. The number of carboxylic acids is 2. The molecule has 2 N–H and O–H groups in total. The Morgan fingerprint density at radius 2 is 1.88 bits per heavy atom. The van der Waals surface area contributed by atoms with Gasteiger partial charge in [-0.2, -0.15) is 0 Å². The Balaban J connectivity index is 1.63. The van der Waals surface area contributed by atoms with Crippen LogP contribution in [0.15, 0.2) is 17.2 Å². The van der Waals surface area contributed by atoms with Gasteiger partial charge in [-0.25, -0.2) is 9.78 Å². The van der Waals surface area contributed by atoms with Gasteiger partial charge < -0.3 is 24.3 Å². The Morgan fingerprint density at radius 3 is 2.50 bits per heavy atom. The Bertz CT molecular complexity index is 1030. The SMILES string of the molecule is CCCc1nc(SC2CCC(C(=O)O)CC2)c(C(=O)O)n1Cc1cc2c(cc1Cl)OCO2. The van der Waals surface area contributed by atoms with Crippen LogP contribution in [0.2, 0.25) is 5.02 Å². The van der Waals surface area contributed by atoms with Crippen LogP contribution in [-0.2, 0) is 17.8 Å². The third-order valence-electron chi connectivity index (χ3n) is 5.86. The van der Waals surface area contributed by atoms with Crippen LogP contribution in [0.4, 0.5) is 0 Å². The number of fused-ring (bicyclic) bond motifs is 1. The first-order valence-corrected chi connectivity index (χ1v) is 11.9. The number of rotatable bonds is 8. The Hall–Kier alpha value is -2.39. The van der Waals surface area contributed by atoms with Crippen molar-refractivity contribution in [1.82, 2.24) is 9.55 Å². The van der Waals surface area contributed by atoms with Crippen LogP contribution >= 0.6 is 23.4 Å². The minimum Gasteiger partial charge on any atom is -0.481 e. The lowest BCUT2D eigenvalue weighted by molar-refractivity contribution is -0.142. The molecule has 0 saturated heterocycles. The molecule has 172 valence electrons. The van der Waals surface area contributed by atoms with E-state index in [2.05, 4.69) is 0 Å². The molecule has 0 amide bonds. The highest BCUT2D eigenvalue weighted by Gasteiger charge is 2.30. The maximum absolute atomic E-state index is 12.3. The number of thioether (sulfide) groups is 1. The lowest BCUT2D eigenvalue weighted by Crippen LogP contribution is -2.22. The first kappa shape index (κ1) is 22.8. The number of hydrogen-bond donors (Lipinski definition) is 2. The van der Waals surface area contributed by atoms with E-state index in [0.717, 1.165) is 24.8 Å². The number of aromatic nitrogens is 2. The van der Waals surface area contributed by atoms with Gasteiger partial charge in [0, 0.05) is 22.8 Å². The molecule has 0 unspecified atom stereocenters. The third kappa shape index (κ3) is 4.68. The van der Waals surface area contributed by atoms with Crippen molar-refractivity contribution in [3.8, 4) is 11.5 Å². The van der Waals surface area contributed by atoms with E-state index < -0.39 is 11.9 Å². The van der Waals surface area contributed by atoms with Gasteiger partial charge in [-0.3, -0.25) is 4.79 Å². The number of carboxylic acid groups (broad SMARTS) is 2. The van der Waals surface area contributed by atoms with E-state index in [1.807, 2.05) is 6.92 Å². The molecule has 0 atom stereocenters. The third-order valence-corrected chi connectivity index (χ3v) is 7.53. The number of ether oxygens (including phenoxy) is 2. The average Bonchev–Trinajstić information content (AvgIpc) is 3.33. The maximum Gasteiger partial charge on any atom is 0.355 e. The van der Waals surface area contributed by atoms with E-state index in [9.17, 15) is 19.8 Å². The second-order valence-electron chi connectivity index (χ2n) is 8.05. The molecule has 0 spiro atoms. The van der Waals surface area contributed by atoms with Gasteiger partial charge in [-0.05, 0) is 43.7 Å². The largest absolute Gasteiger partial charge is 0.481 e. The van der Waals surface area contributed by atoms with Gasteiger partial charge in [-0.1, -0.05) is 18.5 Å². The average molecular weight is 481 g/mol. The summed E-state index contributed by atoms with van der Waals surface area (Å²) in [6.45, 7) is 2.41. The molecule has 2 heterocycles. The molecule has 2 aliphatic rings. The van der Waals surface area contributed by atoms with Crippen molar-refractivity contribution < 1.29 is 29.3 Å². The quantitative estimate of drug-likeness (QED) is 0.559. The van der Waals surface area contributed by atoms with E-state index >= 15 is 0 Å². The molecule has 32 heavy (non-hydrogen) atoms. The molecule has 10 heteroatoms. The number of aryl methyl sites for hydroxylation is 1. The smallest absolute Gasteiger partial charge is 0.355 e. The fourth-order valence-corrected chi connectivity index (χ4v) is 5.69. The fourth-order valence-electron chi connectivity index (χ4n) is 4.19. The highest BCUT2D eigenvalue weighted by molar-refractivity contribution is 7.99. The zero-order valence-corrected chi connectivity index (χ0v) is 19.2. The lowest BCUT2D eigenvalue weighted by atomic mass is 9.89. The standard InChI is InChI=1S/C22H25ClN2O6S/c1-2-3-18-24-20(32-14-6-4-12(5-7-14)21(26)27)19(22(28)29)25(18)10-13-8-16-17(9-15(13)23)31-11-30-16/h8-9,12,14H,2-7,10-11H2,1H3,(H,26,27)(H,28,29). The van der Waals surface area contributed by atoms with Crippen LogP contribution in [0.5, 0.6) is 11.5 Å². The minimum absolute atomic E-state index is 0.132. The second kappa shape index (κ2) is 9.62. The number of imidazole rings is 1. The Kier molecular flexibility index (Phi) is 6.85. The molecule has 1 aromatic heterocycles. The van der Waals surface area contributed by atoms with Crippen molar-refractivity contribution in [1.29, 1.82) is 0 Å². The summed E-state index contributed by atoms with van der Waals surface area (Å²) >= 11 is 7.90. The van der Waals surface area contributed by atoms with Gasteiger partial charge in [0.2, 0.25) is 6.79 Å². The van der Waals surface area contributed by atoms with E-state index in [1.165, 1.54) is 11.8 Å². The summed E-state index contributed by atoms with van der Waals surface area (Å²) in [5.74, 6) is -0.256. The van der Waals surface area contributed by atoms with Crippen molar-refractivity contribution in [2.24, 2.45) is 5.92 Å². The summed E-state index contributed by atoms with van der Waals surface area (Å²) < 4.78 is 12.5. The van der Waals surface area contributed by atoms with Crippen molar-refractivity contribution in [2.75, 3.05) is 6.79 Å². The minimum atomic E-state index is -1.04. The van der Waals surface area contributed by atoms with Gasteiger partial charge in [0.05, 0.1) is 12.5 Å². The second-order valence-corrected chi connectivity index (χ2v) is 9.75. The molecule has 1 aromatic carbocycles. The summed E-state index contributed by atoms with van der Waals surface area (Å²) in [5, 5.41) is 20.4. The predicted octanol–water partition coefficient (Wildman–Crippen LogP) is 4.70. The summed E-state index contributed by atoms with van der Waals surface area (Å²) in [5.41, 5.74) is 0.874. The summed E-state index contributed by atoms with van der Waals surface area (Å²) in [4.78, 5) is 28.2. The summed E-state index contributed by atoms with van der Waals surface area (Å²) in [6, 6.07) is 3.47. The number of nitrogens with zero attached hydrogens (tertiary/aromatic N) is 2. The Morgan fingerprint density at radius 1 is 1.19 bits per heavy atom. The molecule has 2 aromatic rings. The number of carbonyl (C=O) groups is 2. The van der Waals surface area contributed by atoms with E-state index in [0.29, 0.717) is 46.6 Å². The first-order valence-electron chi connectivity index (χ1n) is 10.7. The number of benzene rings is 1. The number of aliphatic carboxylic acids is 1. The first-order chi connectivity index (χ1) is 15.4. The van der Waals surface area contributed by atoms with Crippen LogP contribution in [0, 0.1) is 5.92 Å². The highest BCUT2D eigenvalue weighted by atomic mass is 35.5. The lowest BCUT2D eigenvalue weighted by Gasteiger charge is -2.25.